The summed E-state index contributed by atoms with van der Waals surface area (Å²) in [4.78, 5) is 21.0. The molecule has 0 spiro atoms. The molecular weight excluding hydrogens is 318 g/mol. The summed E-state index contributed by atoms with van der Waals surface area (Å²) >= 11 is 0. The molecule has 0 saturated carbocycles. The molecule has 4 rings (SSSR count). The van der Waals surface area contributed by atoms with E-state index in [0.717, 1.165) is 16.9 Å². The highest BCUT2D eigenvalue weighted by Crippen LogP contribution is 2.38. The van der Waals surface area contributed by atoms with Gasteiger partial charge < -0.3 is 14.9 Å². The molecule has 1 aromatic carbocycles. The van der Waals surface area contributed by atoms with Crippen molar-refractivity contribution in [3.8, 4) is 11.5 Å². The van der Waals surface area contributed by atoms with Crippen LogP contribution >= 0.6 is 0 Å². The highest BCUT2D eigenvalue weighted by molar-refractivity contribution is 5.99. The van der Waals surface area contributed by atoms with Crippen LogP contribution < -0.4 is 5.73 Å². The molecule has 0 radical (unpaired) electrons. The third kappa shape index (κ3) is 2.65. The van der Waals surface area contributed by atoms with Crippen LogP contribution in [0.25, 0.3) is 11.5 Å². The molecule has 3 aromatic rings. The van der Waals surface area contributed by atoms with E-state index in [9.17, 15) is 4.79 Å². The van der Waals surface area contributed by atoms with Gasteiger partial charge in [-0.1, -0.05) is 24.3 Å². The summed E-state index contributed by atoms with van der Waals surface area (Å²) in [6.45, 7) is 3.85. The molecule has 6 nitrogen and oxygen atoms in total. The standard InChI is InChI=1S/C19H17N3O3/c1-10-5-3-4-6-12(10)9-14-17-15(18(23)25-14)16(21-19(20)22-17)13-8-7-11(2)24-13/h3-8,14H,9H2,1-2H3,(H2,20,21,22). The third-order valence-electron chi connectivity index (χ3n) is 4.35. The van der Waals surface area contributed by atoms with Gasteiger partial charge in [0, 0.05) is 6.42 Å². The van der Waals surface area contributed by atoms with Gasteiger partial charge in [-0.15, -0.1) is 0 Å². The van der Waals surface area contributed by atoms with Crippen molar-refractivity contribution in [2.24, 2.45) is 0 Å². The first kappa shape index (κ1) is 15.4. The number of carbonyl (C=O) groups is 1. The zero-order valence-electron chi connectivity index (χ0n) is 13.9. The molecule has 1 aliphatic heterocycles. The third-order valence-corrected chi connectivity index (χ3v) is 4.35. The molecule has 0 bridgehead atoms. The van der Waals surface area contributed by atoms with Gasteiger partial charge >= 0.3 is 5.97 Å². The maximum Gasteiger partial charge on any atom is 0.343 e. The topological polar surface area (TPSA) is 91.2 Å². The lowest BCUT2D eigenvalue weighted by Crippen LogP contribution is -2.07. The fourth-order valence-electron chi connectivity index (χ4n) is 3.09. The normalized spacial score (nSPS) is 15.9. The fraction of sp³-hybridized carbons (Fsp3) is 0.211. The number of nitrogens with two attached hydrogens (primary N) is 1. The number of furan rings is 1. The number of nitrogens with zero attached hydrogens (tertiary/aromatic N) is 2. The van der Waals surface area contributed by atoms with Crippen LogP contribution in [-0.2, 0) is 11.2 Å². The summed E-state index contributed by atoms with van der Waals surface area (Å²) in [6, 6.07) is 11.6. The minimum atomic E-state index is -0.483. The number of carbonyl (C=O) groups excluding carboxylic acids is 1. The van der Waals surface area contributed by atoms with E-state index in [1.54, 1.807) is 6.07 Å². The first-order valence-corrected chi connectivity index (χ1v) is 8.02. The Bertz CT molecular complexity index is 978. The molecular formula is C19H17N3O3. The van der Waals surface area contributed by atoms with Crippen molar-refractivity contribution in [1.29, 1.82) is 0 Å². The van der Waals surface area contributed by atoms with E-state index in [1.165, 1.54) is 0 Å². The summed E-state index contributed by atoms with van der Waals surface area (Å²) < 4.78 is 11.2. The molecule has 1 atom stereocenters. The lowest BCUT2D eigenvalue weighted by molar-refractivity contribution is 0.0382. The minimum absolute atomic E-state index is 0.0934. The summed E-state index contributed by atoms with van der Waals surface area (Å²) in [7, 11) is 0. The molecule has 3 heterocycles. The Kier molecular flexibility index (Phi) is 3.53. The highest BCUT2D eigenvalue weighted by Gasteiger charge is 2.37. The van der Waals surface area contributed by atoms with Crippen LogP contribution in [0.2, 0.25) is 0 Å². The van der Waals surface area contributed by atoms with Gasteiger partial charge in [-0.25, -0.2) is 14.8 Å². The molecule has 0 aliphatic carbocycles. The molecule has 25 heavy (non-hydrogen) atoms. The minimum Gasteiger partial charge on any atom is -0.460 e. The number of benzene rings is 1. The monoisotopic (exact) mass is 335 g/mol. The van der Waals surface area contributed by atoms with Crippen molar-refractivity contribution in [3.63, 3.8) is 0 Å². The SMILES string of the molecule is Cc1ccc(-c2nc(N)nc3c2C(=O)OC3Cc2ccccc2C)o1. The number of anilines is 1. The van der Waals surface area contributed by atoms with E-state index in [4.69, 9.17) is 14.9 Å². The number of aromatic nitrogens is 2. The van der Waals surface area contributed by atoms with Gasteiger partial charge in [0.2, 0.25) is 5.95 Å². The summed E-state index contributed by atoms with van der Waals surface area (Å²) in [5, 5.41) is 0. The van der Waals surface area contributed by atoms with Crippen molar-refractivity contribution < 1.29 is 13.9 Å². The highest BCUT2D eigenvalue weighted by atomic mass is 16.5. The van der Waals surface area contributed by atoms with Gasteiger partial charge in [0.15, 0.2) is 5.76 Å². The number of aryl methyl sites for hydroxylation is 2. The van der Waals surface area contributed by atoms with Crippen LogP contribution in [-0.4, -0.2) is 15.9 Å². The summed E-state index contributed by atoms with van der Waals surface area (Å²) in [5.41, 5.74) is 9.34. The van der Waals surface area contributed by atoms with Crippen LogP contribution in [0.3, 0.4) is 0 Å². The van der Waals surface area contributed by atoms with Crippen LogP contribution in [0.4, 0.5) is 5.95 Å². The van der Waals surface area contributed by atoms with Gasteiger partial charge in [0.25, 0.3) is 0 Å². The average molecular weight is 335 g/mol. The molecule has 2 N–H and O–H groups in total. The Morgan fingerprint density at radius 1 is 1.12 bits per heavy atom. The number of hydrogen-bond acceptors (Lipinski definition) is 6. The number of hydrogen-bond donors (Lipinski definition) is 1. The zero-order chi connectivity index (χ0) is 17.6. The fourth-order valence-corrected chi connectivity index (χ4v) is 3.09. The van der Waals surface area contributed by atoms with E-state index in [1.807, 2.05) is 44.2 Å². The largest absolute Gasteiger partial charge is 0.460 e. The van der Waals surface area contributed by atoms with Gasteiger partial charge in [-0.3, -0.25) is 0 Å². The summed E-state index contributed by atoms with van der Waals surface area (Å²) in [6.07, 6.45) is 0.0575. The average Bonchev–Trinajstić information content (AvgIpc) is 3.13. The van der Waals surface area contributed by atoms with Crippen molar-refractivity contribution in [2.75, 3.05) is 5.73 Å². The first-order valence-electron chi connectivity index (χ1n) is 8.02. The lowest BCUT2D eigenvalue weighted by Gasteiger charge is -2.12. The molecule has 0 fully saturated rings. The Morgan fingerprint density at radius 3 is 2.64 bits per heavy atom. The van der Waals surface area contributed by atoms with Gasteiger partial charge in [-0.2, -0.15) is 0 Å². The van der Waals surface area contributed by atoms with E-state index in [0.29, 0.717) is 29.1 Å². The maximum atomic E-state index is 12.5. The van der Waals surface area contributed by atoms with E-state index in [2.05, 4.69) is 9.97 Å². The van der Waals surface area contributed by atoms with Crippen molar-refractivity contribution in [2.45, 2.75) is 26.4 Å². The molecule has 1 aliphatic rings. The Balaban J connectivity index is 1.79. The second kappa shape index (κ2) is 5.73. The number of cyclic esters (lactones) is 1. The predicted octanol–water partition coefficient (Wildman–Crippen LogP) is 3.39. The summed E-state index contributed by atoms with van der Waals surface area (Å²) in [5.74, 6) is 0.855. The second-order valence-corrected chi connectivity index (χ2v) is 6.13. The van der Waals surface area contributed by atoms with Crippen LogP contribution in [0.5, 0.6) is 0 Å². The molecule has 0 amide bonds. The zero-order valence-corrected chi connectivity index (χ0v) is 13.9. The lowest BCUT2D eigenvalue weighted by atomic mass is 9.99. The molecule has 6 heteroatoms. The number of fused-ring (bicyclic) bond motifs is 1. The van der Waals surface area contributed by atoms with Gasteiger partial charge in [-0.05, 0) is 37.1 Å². The number of esters is 1. The van der Waals surface area contributed by atoms with E-state index < -0.39 is 12.1 Å². The van der Waals surface area contributed by atoms with Crippen LogP contribution in [0, 0.1) is 13.8 Å². The predicted molar refractivity (Wildman–Crippen MR) is 91.9 cm³/mol. The van der Waals surface area contributed by atoms with Crippen LogP contribution in [0.1, 0.15) is 39.0 Å². The molecule has 126 valence electrons. The van der Waals surface area contributed by atoms with Gasteiger partial charge in [0.05, 0.1) is 0 Å². The van der Waals surface area contributed by atoms with Crippen molar-refractivity contribution >= 4 is 11.9 Å². The van der Waals surface area contributed by atoms with E-state index in [-0.39, 0.29) is 5.95 Å². The molecule has 0 saturated heterocycles. The smallest absolute Gasteiger partial charge is 0.343 e. The maximum absolute atomic E-state index is 12.5. The Labute approximate surface area is 144 Å². The van der Waals surface area contributed by atoms with Crippen molar-refractivity contribution in [1.82, 2.24) is 9.97 Å². The Hall–Kier alpha value is -3.15. The molecule has 1 unspecified atom stereocenters. The van der Waals surface area contributed by atoms with Crippen molar-refractivity contribution in [3.05, 3.63) is 64.5 Å². The number of ether oxygens (including phenoxy) is 1. The quantitative estimate of drug-likeness (QED) is 0.738. The van der Waals surface area contributed by atoms with E-state index >= 15 is 0 Å². The number of nitrogen functional groups attached to an aromatic ring is 1. The second-order valence-electron chi connectivity index (χ2n) is 6.13. The first-order chi connectivity index (χ1) is 12.0. The van der Waals surface area contributed by atoms with Crippen LogP contribution in [0.15, 0.2) is 40.8 Å². The number of rotatable bonds is 3. The molecule has 2 aromatic heterocycles. The Morgan fingerprint density at radius 2 is 1.92 bits per heavy atom. The van der Waals surface area contributed by atoms with Gasteiger partial charge in [0.1, 0.15) is 28.8 Å².